The number of hydrogen-bond acceptors (Lipinski definition) is 5. The predicted molar refractivity (Wildman–Crippen MR) is 85.1 cm³/mol. The van der Waals surface area contributed by atoms with E-state index in [0.717, 1.165) is 5.39 Å². The van der Waals surface area contributed by atoms with Crippen LogP contribution in [0.1, 0.15) is 16.1 Å². The van der Waals surface area contributed by atoms with Crippen LogP contribution in [-0.4, -0.2) is 28.0 Å². The van der Waals surface area contributed by atoms with Gasteiger partial charge < -0.3 is 15.5 Å². The van der Waals surface area contributed by atoms with E-state index in [-0.39, 0.29) is 28.5 Å². The van der Waals surface area contributed by atoms with Crippen LogP contribution in [0.5, 0.6) is 0 Å². The van der Waals surface area contributed by atoms with Gasteiger partial charge in [0.2, 0.25) is 0 Å². The molecule has 6 nitrogen and oxygen atoms in total. The Morgan fingerprint density at radius 3 is 2.87 bits per heavy atom. The summed E-state index contributed by atoms with van der Waals surface area (Å²) in [4.78, 5) is 22.9. The quantitative estimate of drug-likeness (QED) is 0.725. The third-order valence-corrected chi connectivity index (χ3v) is 3.46. The number of benzene rings is 1. The van der Waals surface area contributed by atoms with Crippen LogP contribution in [0.4, 0.5) is 10.2 Å². The summed E-state index contributed by atoms with van der Waals surface area (Å²) in [5, 5.41) is 0.718. The Bertz CT molecular complexity index is 933. The molecule has 0 radical (unpaired) electrons. The first-order valence-electron chi connectivity index (χ1n) is 6.71. The molecule has 23 heavy (non-hydrogen) atoms. The number of H-pyrrole nitrogens is 1. The normalized spacial score (nSPS) is 10.7. The van der Waals surface area contributed by atoms with Gasteiger partial charge in [0, 0.05) is 17.1 Å². The van der Waals surface area contributed by atoms with Crippen LogP contribution in [0.2, 0.25) is 0 Å². The number of nitrogens with zero attached hydrogens (tertiary/aromatic N) is 2. The first-order chi connectivity index (χ1) is 11.1. The average molecular weight is 312 g/mol. The van der Waals surface area contributed by atoms with Crippen molar-refractivity contribution in [2.45, 2.75) is 0 Å². The van der Waals surface area contributed by atoms with Gasteiger partial charge in [0.15, 0.2) is 17.3 Å². The van der Waals surface area contributed by atoms with Crippen molar-refractivity contribution in [3.05, 3.63) is 48.0 Å². The molecule has 0 amide bonds. The zero-order valence-corrected chi connectivity index (χ0v) is 12.3. The molecule has 2 aromatic heterocycles. The number of anilines is 1. The zero-order chi connectivity index (χ0) is 16.6. The molecule has 0 aliphatic carbocycles. The Hall–Kier alpha value is -3.22. The smallest absolute Gasteiger partial charge is 0.357 e. The maximum atomic E-state index is 14.6. The summed E-state index contributed by atoms with van der Waals surface area (Å²) >= 11 is 0. The molecular formula is C16H13FN4O2. The number of carbonyl (C=O) groups excluding carboxylic acids is 1. The molecule has 7 heteroatoms. The fourth-order valence-corrected chi connectivity index (χ4v) is 2.32. The molecule has 2 heterocycles. The number of nitrogens with one attached hydrogen (secondary N) is 1. The molecule has 3 N–H and O–H groups in total. The van der Waals surface area contributed by atoms with E-state index in [4.69, 9.17) is 5.73 Å². The summed E-state index contributed by atoms with van der Waals surface area (Å²) in [6.45, 7) is 3.58. The number of aromatic amines is 1. The molecule has 3 aromatic rings. The van der Waals surface area contributed by atoms with Crippen molar-refractivity contribution in [3.8, 4) is 11.4 Å². The van der Waals surface area contributed by atoms with Crippen molar-refractivity contribution in [3.63, 3.8) is 0 Å². The van der Waals surface area contributed by atoms with Crippen molar-refractivity contribution in [1.29, 1.82) is 0 Å². The number of carbonyl (C=O) groups is 1. The Morgan fingerprint density at radius 2 is 2.17 bits per heavy atom. The number of hydrogen-bond donors (Lipinski definition) is 2. The summed E-state index contributed by atoms with van der Waals surface area (Å²) in [6.07, 6.45) is 2.99. The molecule has 0 saturated heterocycles. The second kappa shape index (κ2) is 5.53. The number of rotatable bonds is 3. The standard InChI is InChI=1S/C16H13FN4O2/c1-3-9-13(16(22)23-2)20-15(21-14(9)18)10-5-4-8-6-7-19-12(8)11(10)17/h3-7,19H,1H2,2H3,(H2,18,20,21). The number of aromatic nitrogens is 3. The fourth-order valence-electron chi connectivity index (χ4n) is 2.32. The maximum Gasteiger partial charge on any atom is 0.357 e. The van der Waals surface area contributed by atoms with Crippen LogP contribution in [-0.2, 0) is 4.74 Å². The SMILES string of the molecule is C=Cc1c(N)nc(-c2ccc3cc[nH]c3c2F)nc1C(=O)OC. The van der Waals surface area contributed by atoms with E-state index in [9.17, 15) is 9.18 Å². The number of esters is 1. The molecule has 0 aliphatic rings. The van der Waals surface area contributed by atoms with Crippen LogP contribution in [0.25, 0.3) is 28.4 Å². The highest BCUT2D eigenvalue weighted by molar-refractivity contribution is 5.94. The second-order valence-electron chi connectivity index (χ2n) is 4.76. The van der Waals surface area contributed by atoms with Gasteiger partial charge in [0.25, 0.3) is 0 Å². The van der Waals surface area contributed by atoms with Gasteiger partial charge in [-0.25, -0.2) is 19.2 Å². The summed E-state index contributed by atoms with van der Waals surface area (Å²) in [7, 11) is 1.22. The van der Waals surface area contributed by atoms with Crippen molar-refractivity contribution in [2.24, 2.45) is 0 Å². The van der Waals surface area contributed by atoms with Gasteiger partial charge >= 0.3 is 5.97 Å². The largest absolute Gasteiger partial charge is 0.464 e. The third kappa shape index (κ3) is 2.32. The average Bonchev–Trinajstić information content (AvgIpc) is 3.03. The van der Waals surface area contributed by atoms with Gasteiger partial charge in [0.1, 0.15) is 5.82 Å². The van der Waals surface area contributed by atoms with Crippen LogP contribution < -0.4 is 5.73 Å². The minimum absolute atomic E-state index is 0.00231. The first-order valence-corrected chi connectivity index (χ1v) is 6.71. The van der Waals surface area contributed by atoms with Crippen LogP contribution in [0.3, 0.4) is 0 Å². The van der Waals surface area contributed by atoms with E-state index in [1.165, 1.54) is 19.3 Å². The lowest BCUT2D eigenvalue weighted by Crippen LogP contribution is -2.12. The molecule has 0 aliphatic heterocycles. The monoisotopic (exact) mass is 312 g/mol. The van der Waals surface area contributed by atoms with Crippen molar-refractivity contribution < 1.29 is 13.9 Å². The lowest BCUT2D eigenvalue weighted by molar-refractivity contribution is 0.0593. The summed E-state index contributed by atoms with van der Waals surface area (Å²) in [6, 6.07) is 5.01. The number of nitrogen functional groups attached to an aromatic ring is 1. The van der Waals surface area contributed by atoms with Gasteiger partial charge in [-0.3, -0.25) is 0 Å². The van der Waals surface area contributed by atoms with Crippen LogP contribution in [0, 0.1) is 5.82 Å². The van der Waals surface area contributed by atoms with Gasteiger partial charge in [-0.05, 0) is 12.1 Å². The zero-order valence-electron chi connectivity index (χ0n) is 12.3. The molecule has 0 fully saturated rings. The number of ether oxygens (including phenoxy) is 1. The van der Waals surface area contributed by atoms with Crippen molar-refractivity contribution in [1.82, 2.24) is 15.0 Å². The lowest BCUT2D eigenvalue weighted by Gasteiger charge is -2.10. The molecule has 0 unspecified atom stereocenters. The first kappa shape index (κ1) is 14.7. The highest BCUT2D eigenvalue weighted by atomic mass is 19.1. The lowest BCUT2D eigenvalue weighted by atomic mass is 10.1. The van der Waals surface area contributed by atoms with E-state index in [1.807, 2.05) is 0 Å². The maximum absolute atomic E-state index is 14.6. The molecule has 0 bridgehead atoms. The molecule has 0 saturated carbocycles. The highest BCUT2D eigenvalue weighted by Gasteiger charge is 2.20. The number of methoxy groups -OCH3 is 1. The Labute approximate surface area is 130 Å². The van der Waals surface area contributed by atoms with E-state index in [1.54, 1.807) is 18.3 Å². The predicted octanol–water partition coefficient (Wildman–Crippen LogP) is 2.78. The molecule has 0 atom stereocenters. The van der Waals surface area contributed by atoms with E-state index < -0.39 is 11.8 Å². The van der Waals surface area contributed by atoms with Crippen molar-refractivity contribution in [2.75, 3.05) is 12.8 Å². The van der Waals surface area contributed by atoms with Gasteiger partial charge in [-0.1, -0.05) is 18.7 Å². The topological polar surface area (TPSA) is 93.9 Å². The molecule has 0 spiro atoms. The Kier molecular flexibility index (Phi) is 3.53. The van der Waals surface area contributed by atoms with E-state index >= 15 is 0 Å². The third-order valence-electron chi connectivity index (χ3n) is 3.46. The molecular weight excluding hydrogens is 299 g/mol. The van der Waals surface area contributed by atoms with Crippen LogP contribution >= 0.6 is 0 Å². The van der Waals surface area contributed by atoms with Crippen LogP contribution in [0.15, 0.2) is 31.0 Å². The minimum Gasteiger partial charge on any atom is -0.464 e. The summed E-state index contributed by atoms with van der Waals surface area (Å²) in [5.41, 5.74) is 6.50. The summed E-state index contributed by atoms with van der Waals surface area (Å²) in [5.74, 6) is -1.19. The van der Waals surface area contributed by atoms with Gasteiger partial charge in [0.05, 0.1) is 18.2 Å². The fraction of sp³-hybridized carbons (Fsp3) is 0.0625. The minimum atomic E-state index is -0.698. The Morgan fingerprint density at radius 1 is 1.39 bits per heavy atom. The van der Waals surface area contributed by atoms with E-state index in [2.05, 4.69) is 26.3 Å². The van der Waals surface area contributed by atoms with Gasteiger partial charge in [-0.2, -0.15) is 0 Å². The van der Waals surface area contributed by atoms with Gasteiger partial charge in [-0.15, -0.1) is 0 Å². The highest BCUT2D eigenvalue weighted by Crippen LogP contribution is 2.28. The van der Waals surface area contributed by atoms with E-state index in [0.29, 0.717) is 5.52 Å². The summed E-state index contributed by atoms with van der Waals surface area (Å²) < 4.78 is 19.3. The van der Waals surface area contributed by atoms with Crippen molar-refractivity contribution >= 4 is 28.8 Å². The molecule has 116 valence electrons. The Balaban J connectivity index is 2.26. The molecule has 3 rings (SSSR count). The molecule has 1 aromatic carbocycles. The number of halogens is 1. The second-order valence-corrected chi connectivity index (χ2v) is 4.76. The number of fused-ring (bicyclic) bond motifs is 1. The number of nitrogens with two attached hydrogens (primary N) is 1.